The van der Waals surface area contributed by atoms with Crippen LogP contribution in [0.5, 0.6) is 0 Å². The first-order valence-electron chi connectivity index (χ1n) is 7.83. The van der Waals surface area contributed by atoms with Gasteiger partial charge in [-0.15, -0.1) is 0 Å². The first-order chi connectivity index (χ1) is 10.5. The van der Waals surface area contributed by atoms with Gasteiger partial charge in [0.15, 0.2) is 5.82 Å². The molecule has 2 atom stereocenters. The molecule has 5 heteroatoms. The quantitative estimate of drug-likeness (QED) is 0.941. The second-order valence-corrected chi connectivity index (χ2v) is 6.26. The number of benzene rings is 1. The monoisotopic (exact) mass is 301 g/mol. The molecule has 1 aromatic heterocycles. The molecule has 0 radical (unpaired) electrons. The van der Waals surface area contributed by atoms with Gasteiger partial charge in [0.1, 0.15) is 0 Å². The summed E-state index contributed by atoms with van der Waals surface area (Å²) in [6, 6.07) is 6.39. The topological polar surface area (TPSA) is 62.4 Å². The van der Waals surface area contributed by atoms with E-state index in [2.05, 4.69) is 47.1 Å². The lowest BCUT2D eigenvalue weighted by Crippen LogP contribution is -2.29. The molecule has 0 aliphatic carbocycles. The van der Waals surface area contributed by atoms with Gasteiger partial charge in [0, 0.05) is 13.5 Å². The van der Waals surface area contributed by atoms with Gasteiger partial charge in [-0.1, -0.05) is 34.5 Å². The molecule has 1 fully saturated rings. The van der Waals surface area contributed by atoms with Crippen molar-refractivity contribution in [1.29, 1.82) is 0 Å². The number of hydrogen-bond acceptors (Lipinski definition) is 5. The van der Waals surface area contributed by atoms with Crippen molar-refractivity contribution in [3.05, 3.63) is 46.6 Å². The molecule has 3 rings (SSSR count). The lowest BCUT2D eigenvalue weighted by molar-refractivity contribution is 0.103. The Balaban J connectivity index is 1.73. The van der Waals surface area contributed by atoms with E-state index in [4.69, 9.17) is 4.52 Å². The van der Waals surface area contributed by atoms with Crippen LogP contribution >= 0.6 is 0 Å². The molecule has 1 aliphatic rings. The molecular weight excluding hydrogens is 278 g/mol. The summed E-state index contributed by atoms with van der Waals surface area (Å²) >= 11 is 0. The van der Waals surface area contributed by atoms with Crippen molar-refractivity contribution in [2.75, 3.05) is 13.1 Å². The van der Waals surface area contributed by atoms with Gasteiger partial charge in [0.05, 0.1) is 12.1 Å². The van der Waals surface area contributed by atoms with Gasteiger partial charge in [-0.3, -0.25) is 4.90 Å². The van der Waals surface area contributed by atoms with Crippen molar-refractivity contribution in [3.8, 4) is 0 Å². The van der Waals surface area contributed by atoms with E-state index in [9.17, 15) is 5.11 Å². The highest BCUT2D eigenvalue weighted by Gasteiger charge is 2.31. The number of aliphatic hydroxyl groups is 1. The summed E-state index contributed by atoms with van der Waals surface area (Å²) in [5.41, 5.74) is 3.34. The lowest BCUT2D eigenvalue weighted by Gasteiger charge is -2.25. The van der Waals surface area contributed by atoms with Crippen LogP contribution in [0.1, 0.15) is 53.4 Å². The van der Waals surface area contributed by atoms with Crippen molar-refractivity contribution in [2.24, 2.45) is 0 Å². The molecule has 0 unspecified atom stereocenters. The maximum atomic E-state index is 10.6. The second kappa shape index (κ2) is 6.18. The molecule has 0 spiro atoms. The van der Waals surface area contributed by atoms with Gasteiger partial charge in [-0.05, 0) is 38.8 Å². The van der Waals surface area contributed by atoms with Crippen molar-refractivity contribution < 1.29 is 9.63 Å². The van der Waals surface area contributed by atoms with Gasteiger partial charge >= 0.3 is 0 Å². The molecule has 1 aliphatic heterocycles. The van der Waals surface area contributed by atoms with Gasteiger partial charge in [-0.25, -0.2) is 0 Å². The smallest absolute Gasteiger partial charge is 0.223 e. The van der Waals surface area contributed by atoms with Crippen LogP contribution in [0.25, 0.3) is 0 Å². The highest BCUT2D eigenvalue weighted by atomic mass is 16.5. The number of aliphatic hydroxyl groups excluding tert-OH is 1. The third-order valence-corrected chi connectivity index (χ3v) is 4.24. The molecule has 1 aromatic carbocycles. The summed E-state index contributed by atoms with van der Waals surface area (Å²) in [4.78, 5) is 6.61. The van der Waals surface area contributed by atoms with E-state index in [0.29, 0.717) is 12.4 Å². The van der Waals surface area contributed by atoms with Crippen LogP contribution in [0.2, 0.25) is 0 Å². The second-order valence-electron chi connectivity index (χ2n) is 6.26. The molecule has 118 valence electrons. The number of aryl methyl sites for hydroxylation is 3. The maximum Gasteiger partial charge on any atom is 0.223 e. The lowest BCUT2D eigenvalue weighted by atomic mass is 10.0. The van der Waals surface area contributed by atoms with E-state index in [1.807, 2.05) is 0 Å². The summed E-state index contributed by atoms with van der Waals surface area (Å²) < 4.78 is 5.10. The van der Waals surface area contributed by atoms with Gasteiger partial charge < -0.3 is 9.63 Å². The Labute approximate surface area is 131 Å². The number of likely N-dealkylation sites (tertiary alicyclic amines) is 1. The fourth-order valence-corrected chi connectivity index (χ4v) is 3.32. The molecule has 0 saturated carbocycles. The molecule has 1 saturated heterocycles. The Morgan fingerprint density at radius 1 is 1.27 bits per heavy atom. The average molecular weight is 301 g/mol. The maximum absolute atomic E-state index is 10.6. The zero-order valence-corrected chi connectivity index (χ0v) is 13.4. The number of β-amino-alcohol motifs (C(OH)–C–C–N with tert-alkyl or cyclic N) is 1. The van der Waals surface area contributed by atoms with E-state index < -0.39 is 6.10 Å². The summed E-state index contributed by atoms with van der Waals surface area (Å²) in [6.07, 6.45) is 1.61. The van der Waals surface area contributed by atoms with Crippen LogP contribution in [-0.4, -0.2) is 33.2 Å². The van der Waals surface area contributed by atoms with Crippen molar-refractivity contribution in [1.82, 2.24) is 15.0 Å². The van der Waals surface area contributed by atoms with Crippen LogP contribution in [0.3, 0.4) is 0 Å². The standard InChI is InChI=1S/C17H23N3O2/c1-11-7-12(2)9-14(8-11)16(21)10-20-6-4-5-15(20)17-18-13(3)22-19-17/h7-9,15-16,21H,4-6,10H2,1-3H3/t15-,16+/m1/s1. The number of aromatic nitrogens is 2. The average Bonchev–Trinajstić information content (AvgIpc) is 3.06. The Hall–Kier alpha value is -1.72. The highest BCUT2D eigenvalue weighted by Crippen LogP contribution is 2.32. The van der Waals surface area contributed by atoms with E-state index in [1.54, 1.807) is 6.92 Å². The van der Waals surface area contributed by atoms with E-state index in [1.165, 1.54) is 11.1 Å². The zero-order valence-electron chi connectivity index (χ0n) is 13.4. The minimum Gasteiger partial charge on any atom is -0.387 e. The first-order valence-corrected chi connectivity index (χ1v) is 7.83. The summed E-state index contributed by atoms with van der Waals surface area (Å²) in [5, 5.41) is 14.6. The molecule has 22 heavy (non-hydrogen) atoms. The largest absolute Gasteiger partial charge is 0.387 e. The third kappa shape index (κ3) is 3.20. The minimum atomic E-state index is -0.493. The van der Waals surface area contributed by atoms with E-state index in [-0.39, 0.29) is 6.04 Å². The Kier molecular flexibility index (Phi) is 4.27. The van der Waals surface area contributed by atoms with Crippen LogP contribution in [0.15, 0.2) is 22.7 Å². The normalized spacial score (nSPS) is 20.5. The van der Waals surface area contributed by atoms with Crippen LogP contribution in [0, 0.1) is 20.8 Å². The number of rotatable bonds is 4. The zero-order chi connectivity index (χ0) is 15.7. The first kappa shape index (κ1) is 15.2. The molecule has 2 heterocycles. The Bertz CT molecular complexity index is 633. The minimum absolute atomic E-state index is 0.151. The van der Waals surface area contributed by atoms with Crippen molar-refractivity contribution in [3.63, 3.8) is 0 Å². The fraction of sp³-hybridized carbons (Fsp3) is 0.529. The molecular formula is C17H23N3O2. The van der Waals surface area contributed by atoms with Gasteiger partial charge in [0.2, 0.25) is 5.89 Å². The molecule has 1 N–H and O–H groups in total. The predicted octanol–water partition coefficient (Wildman–Crippen LogP) is 2.87. The fourth-order valence-electron chi connectivity index (χ4n) is 3.32. The summed E-state index contributed by atoms with van der Waals surface area (Å²) in [6.45, 7) is 7.48. The molecule has 0 bridgehead atoms. The Morgan fingerprint density at radius 2 is 2.00 bits per heavy atom. The number of hydrogen-bond donors (Lipinski definition) is 1. The molecule has 5 nitrogen and oxygen atoms in total. The van der Waals surface area contributed by atoms with Crippen molar-refractivity contribution >= 4 is 0 Å². The van der Waals surface area contributed by atoms with Crippen LogP contribution in [-0.2, 0) is 0 Å². The van der Waals surface area contributed by atoms with E-state index >= 15 is 0 Å². The highest BCUT2D eigenvalue weighted by molar-refractivity contribution is 5.30. The SMILES string of the molecule is Cc1cc(C)cc([C@@H](O)CN2CCC[C@@H]2c2noc(C)n2)c1. The Morgan fingerprint density at radius 3 is 2.64 bits per heavy atom. The molecule has 2 aromatic rings. The van der Waals surface area contributed by atoms with Gasteiger partial charge in [0.25, 0.3) is 0 Å². The van der Waals surface area contributed by atoms with Crippen LogP contribution in [0.4, 0.5) is 0 Å². The predicted molar refractivity (Wildman–Crippen MR) is 83.5 cm³/mol. The third-order valence-electron chi connectivity index (χ3n) is 4.24. The van der Waals surface area contributed by atoms with Crippen LogP contribution < -0.4 is 0 Å². The summed E-state index contributed by atoms with van der Waals surface area (Å²) in [5.74, 6) is 1.33. The number of nitrogens with zero attached hydrogens (tertiary/aromatic N) is 3. The van der Waals surface area contributed by atoms with Gasteiger partial charge in [-0.2, -0.15) is 4.98 Å². The molecule has 0 amide bonds. The summed E-state index contributed by atoms with van der Waals surface area (Å²) in [7, 11) is 0. The van der Waals surface area contributed by atoms with Crippen molar-refractivity contribution in [2.45, 2.75) is 45.8 Å². The van der Waals surface area contributed by atoms with E-state index in [0.717, 1.165) is 30.8 Å².